The quantitative estimate of drug-likeness (QED) is 0.667. The number of nitrogens with zero attached hydrogens (tertiary/aromatic N) is 1. The van der Waals surface area contributed by atoms with Crippen molar-refractivity contribution < 1.29 is 26.7 Å². The molecule has 0 aromatic heterocycles. The van der Waals surface area contributed by atoms with Crippen LogP contribution in [0.25, 0.3) is 0 Å². The van der Waals surface area contributed by atoms with Crippen molar-refractivity contribution in [2.24, 2.45) is 5.92 Å². The second-order valence-electron chi connectivity index (χ2n) is 6.83. The Balaban J connectivity index is 2.05. The number of alkyl halides is 2. The third-order valence-corrected chi connectivity index (χ3v) is 6.66. The molecule has 28 heavy (non-hydrogen) atoms. The van der Waals surface area contributed by atoms with Crippen molar-refractivity contribution in [2.75, 3.05) is 32.8 Å². The smallest absolute Gasteiger partial charge is 0.341 e. The highest BCUT2D eigenvalue weighted by molar-refractivity contribution is 7.91. The van der Waals surface area contributed by atoms with E-state index in [1.165, 1.54) is 12.1 Å². The number of nitrogens with one attached hydrogen (secondary N) is 1. The number of amides is 1. The molecular formula is C19H28F2N2O4S. The topological polar surface area (TPSA) is 75.7 Å². The Morgan fingerprint density at radius 2 is 1.71 bits per heavy atom. The number of sulfone groups is 1. The summed E-state index contributed by atoms with van der Waals surface area (Å²) in [4.78, 5) is 14.3. The molecule has 6 nitrogen and oxygen atoms in total. The van der Waals surface area contributed by atoms with Crippen molar-refractivity contribution in [3.05, 3.63) is 29.8 Å². The van der Waals surface area contributed by atoms with Crippen LogP contribution in [0.15, 0.2) is 29.2 Å². The number of ether oxygens (including phenoxy) is 1. The van der Waals surface area contributed by atoms with Crippen LogP contribution in [0.5, 0.6) is 0 Å². The summed E-state index contributed by atoms with van der Waals surface area (Å²) < 4.78 is 53.6. The fraction of sp³-hybridized carbons (Fsp3) is 0.632. The van der Waals surface area contributed by atoms with E-state index in [0.717, 1.165) is 38.1 Å². The van der Waals surface area contributed by atoms with Gasteiger partial charge in [0.2, 0.25) is 9.84 Å². The van der Waals surface area contributed by atoms with E-state index in [4.69, 9.17) is 4.74 Å². The van der Waals surface area contributed by atoms with E-state index >= 15 is 0 Å². The van der Waals surface area contributed by atoms with Gasteiger partial charge >= 0.3 is 5.76 Å². The van der Waals surface area contributed by atoms with Crippen molar-refractivity contribution in [3.63, 3.8) is 0 Å². The molecule has 1 atom stereocenters. The van der Waals surface area contributed by atoms with Crippen LogP contribution < -0.4 is 5.32 Å². The third-order valence-electron chi connectivity index (χ3n) is 5.26. The van der Waals surface area contributed by atoms with Crippen LogP contribution in [-0.4, -0.2) is 63.9 Å². The molecule has 2 rings (SSSR count). The normalized spacial score (nSPS) is 17.1. The summed E-state index contributed by atoms with van der Waals surface area (Å²) in [5.74, 6) is -3.41. The first-order valence-electron chi connectivity index (χ1n) is 9.53. The molecule has 158 valence electrons. The van der Waals surface area contributed by atoms with Crippen LogP contribution in [0.2, 0.25) is 0 Å². The molecule has 0 saturated carbocycles. The molecule has 1 N–H and O–H groups in total. The van der Waals surface area contributed by atoms with E-state index in [0.29, 0.717) is 25.7 Å². The summed E-state index contributed by atoms with van der Waals surface area (Å²) in [7, 11) is -4.66. The number of halogens is 2. The van der Waals surface area contributed by atoms with Gasteiger partial charge in [0.25, 0.3) is 5.91 Å². The summed E-state index contributed by atoms with van der Waals surface area (Å²) in [6.45, 7) is 7.70. The van der Waals surface area contributed by atoms with E-state index in [1.807, 2.05) is 0 Å². The van der Waals surface area contributed by atoms with Crippen LogP contribution in [0.1, 0.15) is 37.0 Å². The predicted molar refractivity (Wildman–Crippen MR) is 102 cm³/mol. The lowest BCUT2D eigenvalue weighted by Gasteiger charge is -2.38. The van der Waals surface area contributed by atoms with Gasteiger partial charge in [-0.15, -0.1) is 0 Å². The molecule has 1 unspecified atom stereocenters. The van der Waals surface area contributed by atoms with Gasteiger partial charge in [0.15, 0.2) is 0 Å². The fourth-order valence-corrected chi connectivity index (χ4v) is 4.26. The van der Waals surface area contributed by atoms with Crippen molar-refractivity contribution in [1.82, 2.24) is 10.2 Å². The van der Waals surface area contributed by atoms with E-state index < -0.39 is 20.5 Å². The Hall–Kier alpha value is -1.58. The summed E-state index contributed by atoms with van der Waals surface area (Å²) in [5, 5.41) is 2.91. The van der Waals surface area contributed by atoms with Gasteiger partial charge in [0.1, 0.15) is 0 Å². The molecule has 1 aromatic rings. The maximum absolute atomic E-state index is 12.6. The Kier molecular flexibility index (Phi) is 8.33. The average molecular weight is 419 g/mol. The Bertz CT molecular complexity index is 731. The van der Waals surface area contributed by atoms with Crippen LogP contribution in [0.3, 0.4) is 0 Å². The summed E-state index contributed by atoms with van der Waals surface area (Å²) in [6, 6.07) is 4.77. The number of carbonyl (C=O) groups is 1. The minimum Gasteiger partial charge on any atom is -0.379 e. The highest BCUT2D eigenvalue weighted by Crippen LogP contribution is 2.21. The lowest BCUT2D eigenvalue weighted by molar-refractivity contribution is 0.00191. The largest absolute Gasteiger partial charge is 0.379 e. The molecule has 0 bridgehead atoms. The van der Waals surface area contributed by atoms with Crippen LogP contribution in [0.4, 0.5) is 8.78 Å². The molecule has 0 radical (unpaired) electrons. The SMILES string of the molecule is CCC(CC)C(CNC(=O)c1ccc(S(=O)(=O)C(F)F)cc1)N1CCOCC1. The lowest BCUT2D eigenvalue weighted by atomic mass is 9.92. The van der Waals surface area contributed by atoms with Crippen LogP contribution in [0, 0.1) is 5.92 Å². The van der Waals surface area contributed by atoms with Gasteiger partial charge in [-0.1, -0.05) is 26.7 Å². The maximum atomic E-state index is 12.6. The minimum atomic E-state index is -4.66. The number of hydrogen-bond acceptors (Lipinski definition) is 5. The molecule has 1 aromatic carbocycles. The molecule has 1 heterocycles. The number of rotatable bonds is 9. The van der Waals surface area contributed by atoms with Crippen LogP contribution in [-0.2, 0) is 14.6 Å². The number of morpholine rings is 1. The number of hydrogen-bond donors (Lipinski definition) is 1. The summed E-state index contributed by atoms with van der Waals surface area (Å²) in [5.41, 5.74) is 0.235. The third kappa shape index (κ3) is 5.48. The van der Waals surface area contributed by atoms with Gasteiger partial charge in [-0.05, 0) is 30.2 Å². The van der Waals surface area contributed by atoms with Crippen molar-refractivity contribution in [3.8, 4) is 0 Å². The van der Waals surface area contributed by atoms with E-state index in [9.17, 15) is 22.0 Å². The highest BCUT2D eigenvalue weighted by Gasteiger charge is 2.28. The van der Waals surface area contributed by atoms with E-state index in [1.54, 1.807) is 0 Å². The Morgan fingerprint density at radius 1 is 1.14 bits per heavy atom. The zero-order valence-electron chi connectivity index (χ0n) is 16.2. The second kappa shape index (κ2) is 10.3. The van der Waals surface area contributed by atoms with Gasteiger partial charge in [0, 0.05) is 31.2 Å². The van der Waals surface area contributed by atoms with Gasteiger partial charge in [-0.25, -0.2) is 8.42 Å². The van der Waals surface area contributed by atoms with Gasteiger partial charge in [0.05, 0.1) is 18.1 Å². The molecule has 9 heteroatoms. The van der Waals surface area contributed by atoms with Gasteiger partial charge in [-0.2, -0.15) is 8.78 Å². The first kappa shape index (κ1) is 22.7. The maximum Gasteiger partial charge on any atom is 0.341 e. The highest BCUT2D eigenvalue weighted by atomic mass is 32.2. The molecule has 0 aliphatic carbocycles. The average Bonchev–Trinajstić information content (AvgIpc) is 2.71. The van der Waals surface area contributed by atoms with Crippen LogP contribution >= 0.6 is 0 Å². The van der Waals surface area contributed by atoms with E-state index in [2.05, 4.69) is 24.1 Å². The lowest BCUT2D eigenvalue weighted by Crippen LogP contribution is -2.52. The first-order chi connectivity index (χ1) is 13.3. The monoisotopic (exact) mass is 418 g/mol. The van der Waals surface area contributed by atoms with Crippen molar-refractivity contribution in [2.45, 2.75) is 43.4 Å². The molecular weight excluding hydrogens is 390 g/mol. The Morgan fingerprint density at radius 3 is 2.21 bits per heavy atom. The standard InChI is InChI=1S/C19H28F2N2O4S/c1-3-14(4-2)17(23-9-11-27-12-10-23)13-22-18(24)15-5-7-16(8-6-15)28(25,26)19(20)21/h5-8,14,17,19H,3-4,9-13H2,1-2H3,(H,22,24). The zero-order chi connectivity index (χ0) is 20.7. The van der Waals surface area contributed by atoms with Crippen molar-refractivity contribution in [1.29, 1.82) is 0 Å². The summed E-state index contributed by atoms with van der Waals surface area (Å²) in [6.07, 6.45) is 1.99. The molecule has 1 aliphatic heterocycles. The minimum absolute atomic E-state index is 0.182. The Labute approximate surface area is 165 Å². The first-order valence-corrected chi connectivity index (χ1v) is 11.1. The number of carbonyl (C=O) groups excluding carboxylic acids is 1. The van der Waals surface area contributed by atoms with Crippen molar-refractivity contribution >= 4 is 15.7 Å². The second-order valence-corrected chi connectivity index (χ2v) is 8.75. The molecule has 0 spiro atoms. The fourth-order valence-electron chi connectivity index (χ4n) is 3.53. The number of benzene rings is 1. The summed E-state index contributed by atoms with van der Waals surface area (Å²) >= 11 is 0. The molecule has 1 fully saturated rings. The molecule has 1 amide bonds. The zero-order valence-corrected chi connectivity index (χ0v) is 17.1. The molecule has 1 saturated heterocycles. The van der Waals surface area contributed by atoms with E-state index in [-0.39, 0.29) is 17.5 Å². The molecule has 1 aliphatic rings. The van der Waals surface area contributed by atoms with Gasteiger partial charge in [-0.3, -0.25) is 9.69 Å². The predicted octanol–water partition coefficient (Wildman–Crippen LogP) is 2.55. The van der Waals surface area contributed by atoms with Gasteiger partial charge < -0.3 is 10.1 Å².